The first-order chi connectivity index (χ1) is 9.72. The summed E-state index contributed by atoms with van der Waals surface area (Å²) in [5.74, 6) is 6.75. The van der Waals surface area contributed by atoms with Gasteiger partial charge in [0.25, 0.3) is 0 Å². The van der Waals surface area contributed by atoms with E-state index >= 15 is 0 Å². The predicted molar refractivity (Wildman–Crippen MR) is 80.8 cm³/mol. The topological polar surface area (TPSA) is 77.8 Å². The normalized spacial score (nSPS) is 10.0. The molecular formula is C16H12N4. The van der Waals surface area contributed by atoms with Crippen LogP contribution in [0.2, 0.25) is 0 Å². The van der Waals surface area contributed by atoms with E-state index in [2.05, 4.69) is 21.8 Å². The van der Waals surface area contributed by atoms with E-state index in [0.717, 1.165) is 22.0 Å². The van der Waals surface area contributed by atoms with Crippen LogP contribution < -0.4 is 11.5 Å². The van der Waals surface area contributed by atoms with Crippen LogP contribution in [-0.2, 0) is 0 Å². The molecule has 0 fully saturated rings. The van der Waals surface area contributed by atoms with Crippen molar-refractivity contribution in [2.45, 2.75) is 0 Å². The average Bonchev–Trinajstić information content (AvgIpc) is 2.46. The fourth-order valence-electron chi connectivity index (χ4n) is 1.91. The zero-order valence-electron chi connectivity index (χ0n) is 10.7. The summed E-state index contributed by atoms with van der Waals surface area (Å²) < 4.78 is 0. The van der Waals surface area contributed by atoms with Crippen LogP contribution in [0.25, 0.3) is 10.9 Å². The molecule has 1 heterocycles. The van der Waals surface area contributed by atoms with Crippen LogP contribution in [0.5, 0.6) is 0 Å². The first-order valence-electron chi connectivity index (χ1n) is 6.12. The zero-order chi connectivity index (χ0) is 13.9. The summed E-state index contributed by atoms with van der Waals surface area (Å²) in [7, 11) is 0. The van der Waals surface area contributed by atoms with Crippen molar-refractivity contribution < 1.29 is 0 Å². The number of anilines is 2. The van der Waals surface area contributed by atoms with Crippen LogP contribution in [0, 0.1) is 11.8 Å². The van der Waals surface area contributed by atoms with Crippen LogP contribution in [0.3, 0.4) is 0 Å². The second kappa shape index (κ2) is 4.90. The SMILES string of the molecule is Nc1nc(N)c2cc(C#Cc3ccccc3)ccc2n1. The molecule has 4 heteroatoms. The summed E-state index contributed by atoms with van der Waals surface area (Å²) >= 11 is 0. The second-order valence-corrected chi connectivity index (χ2v) is 4.31. The summed E-state index contributed by atoms with van der Waals surface area (Å²) in [6.07, 6.45) is 0. The smallest absolute Gasteiger partial charge is 0.222 e. The lowest BCUT2D eigenvalue weighted by Gasteiger charge is -2.02. The molecule has 2 aromatic carbocycles. The highest BCUT2D eigenvalue weighted by atomic mass is 15.0. The summed E-state index contributed by atoms with van der Waals surface area (Å²) in [6, 6.07) is 15.4. The fraction of sp³-hybridized carbons (Fsp3) is 0. The number of aromatic nitrogens is 2. The van der Waals surface area contributed by atoms with Gasteiger partial charge in [-0.15, -0.1) is 0 Å². The standard InChI is InChI=1S/C16H12N4/c17-15-13-10-12(7-6-11-4-2-1-3-5-11)8-9-14(13)19-16(18)20-15/h1-5,8-10H,(H4,17,18,19,20). The van der Waals surface area contributed by atoms with Crippen molar-refractivity contribution in [3.8, 4) is 11.8 Å². The molecule has 3 rings (SSSR count). The highest BCUT2D eigenvalue weighted by molar-refractivity contribution is 5.89. The third kappa shape index (κ3) is 2.38. The van der Waals surface area contributed by atoms with Gasteiger partial charge in [-0.1, -0.05) is 30.0 Å². The van der Waals surface area contributed by atoms with Crippen molar-refractivity contribution in [1.82, 2.24) is 9.97 Å². The van der Waals surface area contributed by atoms with Gasteiger partial charge < -0.3 is 11.5 Å². The first kappa shape index (κ1) is 12.0. The van der Waals surface area contributed by atoms with E-state index in [1.165, 1.54) is 0 Å². The molecule has 0 radical (unpaired) electrons. The van der Waals surface area contributed by atoms with Crippen molar-refractivity contribution in [2.75, 3.05) is 11.5 Å². The molecule has 3 aromatic rings. The Kier molecular flexibility index (Phi) is 2.94. The van der Waals surface area contributed by atoms with Gasteiger partial charge in [-0.2, -0.15) is 4.98 Å². The van der Waals surface area contributed by atoms with Gasteiger partial charge in [-0.05, 0) is 30.3 Å². The van der Waals surface area contributed by atoms with Crippen molar-refractivity contribution in [3.05, 3.63) is 59.7 Å². The van der Waals surface area contributed by atoms with E-state index in [1.54, 1.807) is 0 Å². The van der Waals surface area contributed by atoms with E-state index in [-0.39, 0.29) is 5.95 Å². The largest absolute Gasteiger partial charge is 0.383 e. The Morgan fingerprint density at radius 3 is 2.35 bits per heavy atom. The number of hydrogen-bond donors (Lipinski definition) is 2. The zero-order valence-corrected chi connectivity index (χ0v) is 10.7. The molecule has 0 aliphatic rings. The number of rotatable bonds is 0. The van der Waals surface area contributed by atoms with Gasteiger partial charge in [-0.25, -0.2) is 4.98 Å². The molecule has 20 heavy (non-hydrogen) atoms. The van der Waals surface area contributed by atoms with Crippen LogP contribution in [-0.4, -0.2) is 9.97 Å². The minimum Gasteiger partial charge on any atom is -0.383 e. The third-order valence-corrected chi connectivity index (χ3v) is 2.87. The van der Waals surface area contributed by atoms with Gasteiger partial charge in [0.05, 0.1) is 5.52 Å². The summed E-state index contributed by atoms with van der Waals surface area (Å²) in [4.78, 5) is 8.09. The lowest BCUT2D eigenvalue weighted by molar-refractivity contribution is 1.24. The maximum Gasteiger partial charge on any atom is 0.222 e. The molecule has 0 aliphatic heterocycles. The van der Waals surface area contributed by atoms with Gasteiger partial charge >= 0.3 is 0 Å². The number of hydrogen-bond acceptors (Lipinski definition) is 4. The molecule has 0 spiro atoms. The molecule has 0 amide bonds. The molecule has 96 valence electrons. The van der Waals surface area contributed by atoms with E-state index < -0.39 is 0 Å². The Bertz CT molecular complexity index is 829. The molecule has 0 saturated heterocycles. The molecule has 0 unspecified atom stereocenters. The number of fused-ring (bicyclic) bond motifs is 1. The summed E-state index contributed by atoms with van der Waals surface area (Å²) in [5, 5.41) is 0.763. The number of nitrogens with zero attached hydrogens (tertiary/aromatic N) is 2. The molecule has 1 aromatic heterocycles. The number of benzene rings is 2. The quantitative estimate of drug-likeness (QED) is 0.607. The van der Waals surface area contributed by atoms with Crippen LogP contribution in [0.4, 0.5) is 11.8 Å². The van der Waals surface area contributed by atoms with E-state index in [0.29, 0.717) is 5.82 Å². The van der Waals surface area contributed by atoms with Gasteiger partial charge in [0.1, 0.15) is 5.82 Å². The van der Waals surface area contributed by atoms with Gasteiger partial charge in [0.2, 0.25) is 5.95 Å². The molecule has 0 atom stereocenters. The van der Waals surface area contributed by atoms with Crippen LogP contribution in [0.1, 0.15) is 11.1 Å². The Labute approximate surface area is 116 Å². The average molecular weight is 260 g/mol. The van der Waals surface area contributed by atoms with Gasteiger partial charge in [-0.3, -0.25) is 0 Å². The lowest BCUT2D eigenvalue weighted by atomic mass is 10.1. The van der Waals surface area contributed by atoms with Crippen molar-refractivity contribution >= 4 is 22.7 Å². The molecule has 4 N–H and O–H groups in total. The molecule has 0 saturated carbocycles. The molecular weight excluding hydrogens is 248 g/mol. The van der Waals surface area contributed by atoms with Gasteiger partial charge in [0.15, 0.2) is 0 Å². The molecule has 0 bridgehead atoms. The van der Waals surface area contributed by atoms with Gasteiger partial charge in [0, 0.05) is 16.5 Å². The molecule has 4 nitrogen and oxygen atoms in total. The molecule has 0 aliphatic carbocycles. The fourth-order valence-corrected chi connectivity index (χ4v) is 1.91. The maximum absolute atomic E-state index is 5.85. The van der Waals surface area contributed by atoms with Crippen LogP contribution >= 0.6 is 0 Å². The van der Waals surface area contributed by atoms with E-state index in [1.807, 2.05) is 48.5 Å². The third-order valence-electron chi connectivity index (χ3n) is 2.87. The second-order valence-electron chi connectivity index (χ2n) is 4.31. The highest BCUT2D eigenvalue weighted by Gasteiger charge is 2.03. The van der Waals surface area contributed by atoms with Crippen LogP contribution in [0.15, 0.2) is 48.5 Å². The highest BCUT2D eigenvalue weighted by Crippen LogP contribution is 2.19. The Morgan fingerprint density at radius 1 is 0.800 bits per heavy atom. The number of nitrogen functional groups attached to an aromatic ring is 2. The van der Waals surface area contributed by atoms with Crippen molar-refractivity contribution in [3.63, 3.8) is 0 Å². The van der Waals surface area contributed by atoms with Crippen molar-refractivity contribution in [2.24, 2.45) is 0 Å². The van der Waals surface area contributed by atoms with E-state index in [4.69, 9.17) is 11.5 Å². The Balaban J connectivity index is 2.04. The minimum absolute atomic E-state index is 0.179. The monoisotopic (exact) mass is 260 g/mol. The lowest BCUT2D eigenvalue weighted by Crippen LogP contribution is -2.00. The summed E-state index contributed by atoms with van der Waals surface area (Å²) in [5.41, 5.74) is 14.0. The van der Waals surface area contributed by atoms with Crippen molar-refractivity contribution in [1.29, 1.82) is 0 Å². The summed E-state index contributed by atoms with van der Waals surface area (Å²) in [6.45, 7) is 0. The first-order valence-corrected chi connectivity index (χ1v) is 6.12. The number of nitrogens with two attached hydrogens (primary N) is 2. The Hall–Kier alpha value is -3.06. The predicted octanol–water partition coefficient (Wildman–Crippen LogP) is 2.19. The Morgan fingerprint density at radius 2 is 1.55 bits per heavy atom. The maximum atomic E-state index is 5.85. The minimum atomic E-state index is 0.179. The van der Waals surface area contributed by atoms with E-state index in [9.17, 15) is 0 Å².